The molecule has 1 atom stereocenters. The molecule has 1 saturated heterocycles. The molecule has 1 aromatic rings. The zero-order valence-electron chi connectivity index (χ0n) is 13.5. The highest BCUT2D eigenvalue weighted by molar-refractivity contribution is 14.1. The van der Waals surface area contributed by atoms with Crippen LogP contribution in [0.4, 0.5) is 15.3 Å². The van der Waals surface area contributed by atoms with E-state index in [9.17, 15) is 9.59 Å². The molecule has 1 aliphatic rings. The third kappa shape index (κ3) is 5.89. The number of hydrogen-bond acceptors (Lipinski definition) is 4. The minimum atomic E-state index is -0.530. The summed E-state index contributed by atoms with van der Waals surface area (Å²) < 4.78 is 11.8. The van der Waals surface area contributed by atoms with Gasteiger partial charge in [-0.25, -0.2) is 9.59 Å². The van der Waals surface area contributed by atoms with E-state index in [1.54, 1.807) is 4.90 Å². The predicted octanol–water partition coefficient (Wildman–Crippen LogP) is 3.85. The molecule has 23 heavy (non-hydrogen) atoms. The van der Waals surface area contributed by atoms with Crippen LogP contribution in [0.25, 0.3) is 0 Å². The van der Waals surface area contributed by atoms with Gasteiger partial charge in [-0.3, -0.25) is 5.32 Å². The van der Waals surface area contributed by atoms with Crippen molar-refractivity contribution in [1.82, 2.24) is 4.90 Å². The number of amides is 2. The average molecular weight is 432 g/mol. The van der Waals surface area contributed by atoms with Crippen LogP contribution in [0.3, 0.4) is 0 Å². The van der Waals surface area contributed by atoms with Crippen molar-refractivity contribution in [1.29, 1.82) is 0 Å². The molecule has 1 heterocycles. The minimum absolute atomic E-state index is 0.314. The Morgan fingerprint density at radius 1 is 1.26 bits per heavy atom. The quantitative estimate of drug-likeness (QED) is 0.722. The Hall–Kier alpha value is -1.51. The summed E-state index contributed by atoms with van der Waals surface area (Å²) in [5.74, 6) is 0. The highest BCUT2D eigenvalue weighted by Crippen LogP contribution is 2.18. The Morgan fingerprint density at radius 3 is 2.52 bits per heavy atom. The van der Waals surface area contributed by atoms with Crippen molar-refractivity contribution in [2.75, 3.05) is 18.4 Å². The van der Waals surface area contributed by atoms with Crippen LogP contribution >= 0.6 is 22.6 Å². The van der Waals surface area contributed by atoms with Gasteiger partial charge in [0, 0.05) is 22.2 Å². The third-order valence-corrected chi connectivity index (χ3v) is 3.88. The largest absolute Gasteiger partial charge is 0.444 e. The van der Waals surface area contributed by atoms with E-state index in [4.69, 9.17) is 9.47 Å². The molecule has 2 amide bonds. The Balaban J connectivity index is 1.79. The third-order valence-electron chi connectivity index (χ3n) is 3.16. The van der Waals surface area contributed by atoms with Crippen molar-refractivity contribution in [2.45, 2.75) is 38.9 Å². The molecule has 6 nitrogen and oxygen atoms in total. The number of halogens is 1. The maximum atomic E-state index is 12.0. The van der Waals surface area contributed by atoms with Crippen molar-refractivity contribution in [2.24, 2.45) is 0 Å². The molecule has 1 fully saturated rings. The molecule has 0 saturated carbocycles. The average Bonchev–Trinajstić information content (AvgIpc) is 2.88. The summed E-state index contributed by atoms with van der Waals surface area (Å²) in [5.41, 5.74) is 0.149. The topological polar surface area (TPSA) is 67.9 Å². The Labute approximate surface area is 149 Å². The van der Waals surface area contributed by atoms with Gasteiger partial charge in [0.2, 0.25) is 0 Å². The molecule has 126 valence electrons. The molecule has 0 radical (unpaired) electrons. The first-order chi connectivity index (χ1) is 10.7. The lowest BCUT2D eigenvalue weighted by atomic mass is 10.2. The Bertz CT molecular complexity index is 568. The number of benzene rings is 1. The molecule has 1 aliphatic heterocycles. The lowest BCUT2D eigenvalue weighted by Crippen LogP contribution is -2.36. The van der Waals surface area contributed by atoms with Crippen LogP contribution < -0.4 is 5.32 Å². The van der Waals surface area contributed by atoms with E-state index in [1.807, 2.05) is 45.0 Å². The van der Waals surface area contributed by atoms with Crippen LogP contribution in [0.2, 0.25) is 0 Å². The summed E-state index contributed by atoms with van der Waals surface area (Å²) in [6, 6.07) is 7.42. The molecule has 0 aromatic heterocycles. The maximum Gasteiger partial charge on any atom is 0.411 e. The molecule has 0 aliphatic carbocycles. The number of nitrogens with one attached hydrogen (secondary N) is 1. The van der Waals surface area contributed by atoms with Crippen LogP contribution in [0.1, 0.15) is 27.2 Å². The number of ether oxygens (including phenoxy) is 2. The van der Waals surface area contributed by atoms with E-state index < -0.39 is 11.7 Å². The van der Waals surface area contributed by atoms with Gasteiger partial charge in [0.1, 0.15) is 11.7 Å². The van der Waals surface area contributed by atoms with Gasteiger partial charge in [-0.2, -0.15) is 0 Å². The molecule has 0 bridgehead atoms. The molecule has 0 spiro atoms. The second kappa shape index (κ2) is 7.37. The number of anilines is 1. The van der Waals surface area contributed by atoms with Crippen LogP contribution in [-0.4, -0.2) is 41.9 Å². The molecule has 2 rings (SSSR count). The Morgan fingerprint density at radius 2 is 1.91 bits per heavy atom. The van der Waals surface area contributed by atoms with Gasteiger partial charge in [-0.1, -0.05) is 0 Å². The van der Waals surface area contributed by atoms with E-state index in [1.165, 1.54) is 0 Å². The summed E-state index contributed by atoms with van der Waals surface area (Å²) >= 11 is 2.19. The molecule has 7 heteroatoms. The number of hydrogen-bond donors (Lipinski definition) is 1. The van der Waals surface area contributed by atoms with Crippen LogP contribution in [0.15, 0.2) is 24.3 Å². The molecular formula is C16H21IN2O4. The van der Waals surface area contributed by atoms with E-state index in [-0.39, 0.29) is 12.2 Å². The van der Waals surface area contributed by atoms with E-state index >= 15 is 0 Å². The number of rotatable bonds is 2. The summed E-state index contributed by atoms with van der Waals surface area (Å²) in [6.45, 7) is 6.35. The maximum absolute atomic E-state index is 12.0. The van der Waals surface area contributed by atoms with Crippen LogP contribution in [-0.2, 0) is 9.47 Å². The first kappa shape index (κ1) is 17.8. The fraction of sp³-hybridized carbons (Fsp3) is 0.500. The van der Waals surface area contributed by atoms with Crippen molar-refractivity contribution in [3.63, 3.8) is 0 Å². The Kier molecular flexibility index (Phi) is 5.72. The van der Waals surface area contributed by atoms with E-state index in [0.717, 1.165) is 3.57 Å². The summed E-state index contributed by atoms with van der Waals surface area (Å²) in [5, 5.41) is 2.68. The van der Waals surface area contributed by atoms with Gasteiger partial charge in [-0.15, -0.1) is 0 Å². The first-order valence-electron chi connectivity index (χ1n) is 7.44. The zero-order valence-corrected chi connectivity index (χ0v) is 15.6. The molecular weight excluding hydrogens is 411 g/mol. The number of likely N-dealkylation sites (tertiary alicyclic amines) is 1. The summed E-state index contributed by atoms with van der Waals surface area (Å²) in [6.07, 6.45) is -0.588. The first-order valence-corrected chi connectivity index (χ1v) is 8.52. The van der Waals surface area contributed by atoms with Crippen molar-refractivity contribution in [3.8, 4) is 0 Å². The fourth-order valence-electron chi connectivity index (χ4n) is 2.15. The monoisotopic (exact) mass is 432 g/mol. The summed E-state index contributed by atoms with van der Waals surface area (Å²) in [7, 11) is 0. The number of nitrogens with zero attached hydrogens (tertiary/aromatic N) is 1. The highest BCUT2D eigenvalue weighted by atomic mass is 127. The molecule has 1 aromatic carbocycles. The van der Waals surface area contributed by atoms with Crippen molar-refractivity contribution >= 4 is 40.5 Å². The summed E-state index contributed by atoms with van der Waals surface area (Å²) in [4.78, 5) is 25.4. The standard InChI is InChI=1S/C16H21IN2O4/c1-16(2,3)23-15(21)19-9-8-13(10-19)22-14(20)18-12-6-4-11(17)5-7-12/h4-7,13H,8-10H2,1-3H3,(H,18,20)/t13-/m0/s1. The smallest absolute Gasteiger partial charge is 0.411 e. The van der Waals surface area contributed by atoms with Gasteiger partial charge in [-0.05, 0) is 67.6 Å². The van der Waals surface area contributed by atoms with E-state index in [0.29, 0.717) is 25.2 Å². The molecule has 1 N–H and O–H groups in total. The fourth-order valence-corrected chi connectivity index (χ4v) is 2.51. The van der Waals surface area contributed by atoms with Gasteiger partial charge >= 0.3 is 12.2 Å². The van der Waals surface area contributed by atoms with Gasteiger partial charge < -0.3 is 14.4 Å². The van der Waals surface area contributed by atoms with Crippen LogP contribution in [0.5, 0.6) is 0 Å². The SMILES string of the molecule is CC(C)(C)OC(=O)N1CC[C@H](OC(=O)Nc2ccc(I)cc2)C1. The second-order valence-corrected chi connectivity index (χ2v) is 7.62. The van der Waals surface area contributed by atoms with Crippen LogP contribution in [0, 0.1) is 3.57 Å². The lowest BCUT2D eigenvalue weighted by Gasteiger charge is -2.24. The lowest BCUT2D eigenvalue weighted by molar-refractivity contribution is 0.0263. The second-order valence-electron chi connectivity index (χ2n) is 6.37. The number of carbonyl (C=O) groups excluding carboxylic acids is 2. The van der Waals surface area contributed by atoms with E-state index in [2.05, 4.69) is 27.9 Å². The van der Waals surface area contributed by atoms with Crippen molar-refractivity contribution in [3.05, 3.63) is 27.8 Å². The van der Waals surface area contributed by atoms with Crippen molar-refractivity contribution < 1.29 is 19.1 Å². The predicted molar refractivity (Wildman–Crippen MR) is 95.5 cm³/mol. The van der Waals surface area contributed by atoms with Gasteiger partial charge in [0.15, 0.2) is 0 Å². The number of carbonyl (C=O) groups is 2. The normalized spacial score (nSPS) is 17.7. The molecule has 0 unspecified atom stereocenters. The van der Waals surface area contributed by atoms with Gasteiger partial charge in [0.05, 0.1) is 6.54 Å². The zero-order chi connectivity index (χ0) is 17.0. The highest BCUT2D eigenvalue weighted by Gasteiger charge is 2.31. The minimum Gasteiger partial charge on any atom is -0.444 e. The van der Waals surface area contributed by atoms with Gasteiger partial charge in [0.25, 0.3) is 0 Å².